The van der Waals surface area contributed by atoms with E-state index in [1.54, 1.807) is 0 Å². The minimum Gasteiger partial charge on any atom is -0.494 e. The average molecular weight is 281 g/mol. The molecule has 0 bridgehead atoms. The predicted octanol–water partition coefficient (Wildman–Crippen LogP) is 3.68. The van der Waals surface area contributed by atoms with Gasteiger partial charge in [-0.3, -0.25) is 0 Å². The minimum absolute atomic E-state index is 0.0674. The summed E-state index contributed by atoms with van der Waals surface area (Å²) in [5.41, 5.74) is 1.02. The van der Waals surface area contributed by atoms with E-state index in [4.69, 9.17) is 4.74 Å². The zero-order valence-corrected chi connectivity index (χ0v) is 11.0. The van der Waals surface area contributed by atoms with E-state index in [-0.39, 0.29) is 12.0 Å². The van der Waals surface area contributed by atoms with Crippen LogP contribution in [0.2, 0.25) is 0 Å². The Hall–Kier alpha value is -2.04. The van der Waals surface area contributed by atoms with E-state index in [2.05, 4.69) is 4.98 Å². The maximum atomic E-state index is 13.4. The SMILES string of the molecule is CCOc1ccc(CCc2cc(F)c(F)nc2F)cc1. The summed E-state index contributed by atoms with van der Waals surface area (Å²) in [4.78, 5) is 2.90. The van der Waals surface area contributed by atoms with Gasteiger partial charge in [-0.2, -0.15) is 13.8 Å². The van der Waals surface area contributed by atoms with Gasteiger partial charge in [0.15, 0.2) is 5.82 Å². The fourth-order valence-electron chi connectivity index (χ4n) is 1.86. The maximum Gasteiger partial charge on any atom is 0.251 e. The highest BCUT2D eigenvalue weighted by molar-refractivity contribution is 5.28. The monoisotopic (exact) mass is 281 g/mol. The van der Waals surface area contributed by atoms with Crippen molar-refractivity contribution >= 4 is 0 Å². The first-order chi connectivity index (χ1) is 9.60. The van der Waals surface area contributed by atoms with Crippen LogP contribution in [-0.4, -0.2) is 11.6 Å². The Morgan fingerprint density at radius 1 is 1.00 bits per heavy atom. The van der Waals surface area contributed by atoms with Crippen molar-refractivity contribution in [3.63, 3.8) is 0 Å². The Bertz CT molecular complexity index is 584. The number of hydrogen-bond donors (Lipinski definition) is 0. The second-order valence-electron chi connectivity index (χ2n) is 4.29. The molecule has 1 aromatic carbocycles. The minimum atomic E-state index is -1.41. The van der Waals surface area contributed by atoms with E-state index in [0.717, 1.165) is 17.4 Å². The highest BCUT2D eigenvalue weighted by Crippen LogP contribution is 2.16. The fraction of sp³-hybridized carbons (Fsp3) is 0.267. The molecule has 5 heteroatoms. The van der Waals surface area contributed by atoms with Crippen LogP contribution >= 0.6 is 0 Å². The summed E-state index contributed by atoms with van der Waals surface area (Å²) >= 11 is 0. The number of rotatable bonds is 5. The highest BCUT2D eigenvalue weighted by Gasteiger charge is 2.11. The lowest BCUT2D eigenvalue weighted by Crippen LogP contribution is -2.02. The van der Waals surface area contributed by atoms with Crippen molar-refractivity contribution in [3.8, 4) is 5.75 Å². The summed E-state index contributed by atoms with van der Waals surface area (Å²) in [5.74, 6) is -2.74. The molecule has 0 N–H and O–H groups in total. The molecule has 0 unspecified atom stereocenters. The Kier molecular flexibility index (Phi) is 4.61. The van der Waals surface area contributed by atoms with Gasteiger partial charge in [0.05, 0.1) is 6.61 Å². The molecule has 0 radical (unpaired) electrons. The summed E-state index contributed by atoms with van der Waals surface area (Å²) in [6.07, 6.45) is 0.764. The van der Waals surface area contributed by atoms with Crippen LogP contribution in [0.15, 0.2) is 30.3 Å². The van der Waals surface area contributed by atoms with E-state index < -0.39 is 17.7 Å². The molecule has 0 aliphatic carbocycles. The second-order valence-corrected chi connectivity index (χ2v) is 4.29. The van der Waals surface area contributed by atoms with Gasteiger partial charge in [0.2, 0.25) is 5.95 Å². The van der Waals surface area contributed by atoms with Crippen molar-refractivity contribution in [1.82, 2.24) is 4.98 Å². The third-order valence-corrected chi connectivity index (χ3v) is 2.88. The number of halogens is 3. The summed E-state index contributed by atoms with van der Waals surface area (Å²) in [7, 11) is 0. The van der Waals surface area contributed by atoms with Crippen LogP contribution in [0.5, 0.6) is 5.75 Å². The highest BCUT2D eigenvalue weighted by atomic mass is 19.2. The van der Waals surface area contributed by atoms with Crippen LogP contribution < -0.4 is 4.74 Å². The molecule has 0 saturated heterocycles. The van der Waals surface area contributed by atoms with Crippen LogP contribution in [0.25, 0.3) is 0 Å². The van der Waals surface area contributed by atoms with Crippen molar-refractivity contribution in [2.45, 2.75) is 19.8 Å². The number of pyridine rings is 1. The van der Waals surface area contributed by atoms with E-state index in [0.29, 0.717) is 13.0 Å². The number of aromatic nitrogens is 1. The number of nitrogens with zero attached hydrogens (tertiary/aromatic N) is 1. The van der Waals surface area contributed by atoms with Gasteiger partial charge in [-0.15, -0.1) is 0 Å². The molecule has 106 valence electrons. The van der Waals surface area contributed by atoms with Crippen molar-refractivity contribution < 1.29 is 17.9 Å². The normalized spacial score (nSPS) is 10.6. The third kappa shape index (κ3) is 3.50. The zero-order chi connectivity index (χ0) is 14.5. The topological polar surface area (TPSA) is 22.1 Å². The summed E-state index contributed by atoms with van der Waals surface area (Å²) in [6, 6.07) is 8.20. The van der Waals surface area contributed by atoms with Gasteiger partial charge in [0.25, 0.3) is 5.95 Å². The Labute approximate surface area is 115 Å². The number of aryl methyl sites for hydroxylation is 2. The largest absolute Gasteiger partial charge is 0.494 e. The molecule has 0 fully saturated rings. The molecule has 0 saturated carbocycles. The van der Waals surface area contributed by atoms with Crippen molar-refractivity contribution in [2.75, 3.05) is 6.61 Å². The molecule has 0 aliphatic rings. The van der Waals surface area contributed by atoms with Crippen LogP contribution in [0.4, 0.5) is 13.2 Å². The molecular weight excluding hydrogens is 267 g/mol. The molecular formula is C15H14F3NO. The van der Waals surface area contributed by atoms with E-state index in [1.807, 2.05) is 31.2 Å². The number of benzene rings is 1. The molecule has 1 heterocycles. The van der Waals surface area contributed by atoms with Crippen LogP contribution in [0, 0.1) is 17.7 Å². The van der Waals surface area contributed by atoms with Crippen LogP contribution in [0.1, 0.15) is 18.1 Å². The third-order valence-electron chi connectivity index (χ3n) is 2.88. The first-order valence-electron chi connectivity index (χ1n) is 6.32. The number of hydrogen-bond acceptors (Lipinski definition) is 2. The van der Waals surface area contributed by atoms with Gasteiger partial charge >= 0.3 is 0 Å². The van der Waals surface area contributed by atoms with E-state index in [9.17, 15) is 13.2 Å². The Morgan fingerprint density at radius 3 is 2.35 bits per heavy atom. The first-order valence-corrected chi connectivity index (χ1v) is 6.32. The Balaban J connectivity index is 2.03. The van der Waals surface area contributed by atoms with Crippen molar-refractivity contribution in [2.24, 2.45) is 0 Å². The smallest absolute Gasteiger partial charge is 0.251 e. The van der Waals surface area contributed by atoms with Gasteiger partial charge in [0, 0.05) is 5.56 Å². The molecule has 2 nitrogen and oxygen atoms in total. The van der Waals surface area contributed by atoms with Crippen LogP contribution in [-0.2, 0) is 12.8 Å². The molecule has 0 aliphatic heterocycles. The van der Waals surface area contributed by atoms with Gasteiger partial charge in [-0.25, -0.2) is 4.39 Å². The predicted molar refractivity (Wildman–Crippen MR) is 69.1 cm³/mol. The molecule has 2 aromatic rings. The van der Waals surface area contributed by atoms with Gasteiger partial charge in [0.1, 0.15) is 5.75 Å². The van der Waals surface area contributed by atoms with E-state index >= 15 is 0 Å². The van der Waals surface area contributed by atoms with Gasteiger partial charge in [-0.05, 0) is 43.5 Å². The Morgan fingerprint density at radius 2 is 1.70 bits per heavy atom. The lowest BCUT2D eigenvalue weighted by Gasteiger charge is -2.06. The van der Waals surface area contributed by atoms with E-state index in [1.165, 1.54) is 0 Å². The van der Waals surface area contributed by atoms with Crippen LogP contribution in [0.3, 0.4) is 0 Å². The molecule has 20 heavy (non-hydrogen) atoms. The summed E-state index contributed by atoms with van der Waals surface area (Å²) < 4.78 is 44.4. The fourth-order valence-corrected chi connectivity index (χ4v) is 1.86. The standard InChI is InChI=1S/C15H14F3NO/c1-2-20-12-7-4-10(5-8-12)3-6-11-9-13(16)15(18)19-14(11)17/h4-5,7-9H,2-3,6H2,1H3. The van der Waals surface area contributed by atoms with Gasteiger partial charge in [-0.1, -0.05) is 12.1 Å². The lowest BCUT2D eigenvalue weighted by molar-refractivity contribution is 0.340. The number of ether oxygens (including phenoxy) is 1. The molecule has 1 aromatic heterocycles. The quantitative estimate of drug-likeness (QED) is 0.780. The maximum absolute atomic E-state index is 13.4. The van der Waals surface area contributed by atoms with Crippen molar-refractivity contribution in [3.05, 3.63) is 59.2 Å². The second kappa shape index (κ2) is 6.41. The van der Waals surface area contributed by atoms with Gasteiger partial charge < -0.3 is 4.74 Å². The molecule has 0 atom stereocenters. The lowest BCUT2D eigenvalue weighted by atomic mass is 10.1. The summed E-state index contributed by atoms with van der Waals surface area (Å²) in [6.45, 7) is 2.48. The molecule has 0 amide bonds. The molecule has 0 spiro atoms. The molecule has 2 rings (SSSR count). The summed E-state index contributed by atoms with van der Waals surface area (Å²) in [5, 5.41) is 0. The average Bonchev–Trinajstić information content (AvgIpc) is 2.43. The van der Waals surface area contributed by atoms with Crippen molar-refractivity contribution in [1.29, 1.82) is 0 Å². The zero-order valence-electron chi connectivity index (χ0n) is 11.0. The first kappa shape index (κ1) is 14.4.